The molecule has 0 amide bonds. The molecule has 2 aromatic carbocycles. The molecule has 0 fully saturated rings. The maximum Gasteiger partial charge on any atom is 0 e. The first kappa shape index (κ1) is 18.2. The summed E-state index contributed by atoms with van der Waals surface area (Å²) in [7, 11) is 0. The molecule has 0 saturated heterocycles. The molecule has 1 heteroatoms. The normalized spacial score (nSPS) is 12.8. The van der Waals surface area contributed by atoms with Crippen LogP contribution in [0.5, 0.6) is 0 Å². The summed E-state index contributed by atoms with van der Waals surface area (Å²) in [6.45, 7) is 9.17. The molecule has 0 heterocycles. The largest absolute Gasteiger partial charge is 0.748 e. The van der Waals surface area contributed by atoms with E-state index in [4.69, 9.17) is 0 Å². The van der Waals surface area contributed by atoms with Crippen LogP contribution >= 0.6 is 0 Å². The number of rotatable bonds is 4. The summed E-state index contributed by atoms with van der Waals surface area (Å²) in [6, 6.07) is 16.8. The zero-order valence-electron chi connectivity index (χ0n) is 12.5. The second-order valence-electron chi connectivity index (χ2n) is 5.02. The summed E-state index contributed by atoms with van der Waals surface area (Å²) in [5.41, 5.74) is 3.13. The standard InChI is InChI=1S/C13H21.C5H5.Co/c1-5-10(3)12-8-7-9-13(12)11(4)6-2;1-2-4-5-3-1;/h7-11H,5-6H2,1-4H3;1-5H;/q-1;-5;. The maximum absolute atomic E-state index is 2.32. The molecule has 0 aliphatic rings. The first-order valence-corrected chi connectivity index (χ1v) is 7.12. The molecule has 0 bridgehead atoms. The van der Waals surface area contributed by atoms with Gasteiger partial charge in [0.05, 0.1) is 0 Å². The third-order valence-corrected chi connectivity index (χ3v) is 3.73. The molecule has 0 spiro atoms. The van der Waals surface area contributed by atoms with Crippen LogP contribution < -0.4 is 0 Å². The molecule has 1 radical (unpaired) electrons. The predicted molar refractivity (Wildman–Crippen MR) is 81.5 cm³/mol. The minimum absolute atomic E-state index is 0. The molecule has 19 heavy (non-hydrogen) atoms. The minimum atomic E-state index is 0. The predicted octanol–water partition coefficient (Wildman–Crippen LogP) is 5.84. The van der Waals surface area contributed by atoms with Crippen molar-refractivity contribution in [3.63, 3.8) is 0 Å². The van der Waals surface area contributed by atoms with Gasteiger partial charge in [0.2, 0.25) is 0 Å². The molecular formula is C18H26Co-6. The fourth-order valence-corrected chi connectivity index (χ4v) is 2.11. The van der Waals surface area contributed by atoms with E-state index in [0.717, 1.165) is 11.8 Å². The van der Waals surface area contributed by atoms with Crippen LogP contribution in [-0.4, -0.2) is 0 Å². The molecule has 0 aromatic heterocycles. The van der Waals surface area contributed by atoms with E-state index >= 15 is 0 Å². The first-order chi connectivity index (χ1) is 8.70. The van der Waals surface area contributed by atoms with Crippen molar-refractivity contribution in [2.45, 2.75) is 52.4 Å². The molecule has 0 aliphatic carbocycles. The topological polar surface area (TPSA) is 0 Å². The van der Waals surface area contributed by atoms with E-state index in [1.54, 1.807) is 11.1 Å². The van der Waals surface area contributed by atoms with Gasteiger partial charge in [-0.3, -0.25) is 0 Å². The summed E-state index contributed by atoms with van der Waals surface area (Å²) in [4.78, 5) is 0. The Hall–Kier alpha value is -0.794. The van der Waals surface area contributed by atoms with Gasteiger partial charge in [0.15, 0.2) is 0 Å². The van der Waals surface area contributed by atoms with E-state index in [9.17, 15) is 0 Å². The van der Waals surface area contributed by atoms with Crippen LogP contribution in [-0.2, 0) is 16.8 Å². The zero-order chi connectivity index (χ0) is 13.4. The Morgan fingerprint density at radius 2 is 1.53 bits per heavy atom. The third-order valence-electron chi connectivity index (χ3n) is 3.73. The smallest absolute Gasteiger partial charge is 0 e. The molecule has 0 N–H and O–H groups in total. The van der Waals surface area contributed by atoms with Gasteiger partial charge in [-0.25, -0.2) is 12.1 Å². The number of hydrogen-bond donors (Lipinski definition) is 0. The van der Waals surface area contributed by atoms with Gasteiger partial charge in [-0.1, -0.05) is 46.5 Å². The van der Waals surface area contributed by atoms with Crippen LogP contribution in [0.25, 0.3) is 0 Å². The second kappa shape index (κ2) is 10.0. The molecule has 2 unspecified atom stereocenters. The summed E-state index contributed by atoms with van der Waals surface area (Å²) >= 11 is 0. The Balaban J connectivity index is 0.000000454. The quantitative estimate of drug-likeness (QED) is 0.623. The fourth-order valence-electron chi connectivity index (χ4n) is 2.11. The van der Waals surface area contributed by atoms with Crippen LogP contribution in [0.2, 0.25) is 0 Å². The van der Waals surface area contributed by atoms with Crippen molar-refractivity contribution in [2.24, 2.45) is 0 Å². The van der Waals surface area contributed by atoms with Crippen molar-refractivity contribution >= 4 is 0 Å². The van der Waals surface area contributed by atoms with E-state index in [1.165, 1.54) is 12.8 Å². The van der Waals surface area contributed by atoms with Crippen LogP contribution in [0.1, 0.15) is 63.5 Å². The summed E-state index contributed by atoms with van der Waals surface area (Å²) < 4.78 is 0. The molecule has 2 aromatic rings. The van der Waals surface area contributed by atoms with Crippen molar-refractivity contribution in [1.29, 1.82) is 0 Å². The van der Waals surface area contributed by atoms with Crippen LogP contribution in [0.4, 0.5) is 0 Å². The summed E-state index contributed by atoms with van der Waals surface area (Å²) in [6.07, 6.45) is 2.49. The van der Waals surface area contributed by atoms with Crippen molar-refractivity contribution in [3.05, 3.63) is 59.7 Å². The van der Waals surface area contributed by atoms with E-state index in [2.05, 4.69) is 45.9 Å². The summed E-state index contributed by atoms with van der Waals surface area (Å²) in [5, 5.41) is 0. The van der Waals surface area contributed by atoms with Crippen LogP contribution in [0.3, 0.4) is 0 Å². The molecule has 113 valence electrons. The van der Waals surface area contributed by atoms with Crippen molar-refractivity contribution < 1.29 is 16.8 Å². The van der Waals surface area contributed by atoms with Crippen LogP contribution in [0.15, 0.2) is 48.5 Å². The van der Waals surface area contributed by atoms with Crippen molar-refractivity contribution in [2.75, 3.05) is 0 Å². The Morgan fingerprint density at radius 3 is 1.95 bits per heavy atom. The third kappa shape index (κ3) is 5.79. The van der Waals surface area contributed by atoms with E-state index in [-0.39, 0.29) is 16.8 Å². The molecule has 0 aliphatic heterocycles. The fraction of sp³-hybridized carbons (Fsp3) is 0.444. The van der Waals surface area contributed by atoms with Gasteiger partial charge in [-0.05, 0) is 5.92 Å². The second-order valence-corrected chi connectivity index (χ2v) is 5.02. The van der Waals surface area contributed by atoms with Gasteiger partial charge in [0.1, 0.15) is 0 Å². The van der Waals surface area contributed by atoms with Gasteiger partial charge in [-0.15, -0.1) is 0 Å². The van der Waals surface area contributed by atoms with Gasteiger partial charge >= 0.3 is 0 Å². The number of hydrogen-bond acceptors (Lipinski definition) is 0. The average molecular weight is 301 g/mol. The molecule has 0 nitrogen and oxygen atoms in total. The van der Waals surface area contributed by atoms with E-state index in [0.29, 0.717) is 0 Å². The maximum atomic E-state index is 2.32. The van der Waals surface area contributed by atoms with Gasteiger partial charge in [0.25, 0.3) is 0 Å². The Labute approximate surface area is 129 Å². The minimum Gasteiger partial charge on any atom is -0.748 e. The summed E-state index contributed by atoms with van der Waals surface area (Å²) in [5.74, 6) is 1.44. The first-order valence-electron chi connectivity index (χ1n) is 7.12. The SMILES string of the molecule is CCC(C)c1ccc[c-]1C(C)CC.[Co].[cH-]1[cH-][cH-][cH-][cH-]1. The van der Waals surface area contributed by atoms with E-state index < -0.39 is 0 Å². The van der Waals surface area contributed by atoms with Gasteiger partial charge in [-0.2, -0.15) is 17.2 Å². The Kier molecular flexibility index (Phi) is 9.63. The molecular weight excluding hydrogens is 275 g/mol. The van der Waals surface area contributed by atoms with Crippen molar-refractivity contribution in [3.8, 4) is 0 Å². The van der Waals surface area contributed by atoms with Crippen molar-refractivity contribution in [1.82, 2.24) is 0 Å². The average Bonchev–Trinajstić information content (AvgIpc) is 3.09. The van der Waals surface area contributed by atoms with Gasteiger partial charge in [0, 0.05) is 16.8 Å². The van der Waals surface area contributed by atoms with Gasteiger partial charge < -0.3 is 30.3 Å². The Bertz CT molecular complexity index is 355. The molecule has 2 atom stereocenters. The van der Waals surface area contributed by atoms with E-state index in [1.807, 2.05) is 30.3 Å². The molecule has 2 rings (SSSR count). The Morgan fingerprint density at radius 1 is 1.00 bits per heavy atom. The zero-order valence-corrected chi connectivity index (χ0v) is 13.6. The van der Waals surface area contributed by atoms with Crippen LogP contribution in [0, 0.1) is 0 Å². The molecule has 0 saturated carbocycles. The monoisotopic (exact) mass is 301 g/mol.